The van der Waals surface area contributed by atoms with E-state index in [0.29, 0.717) is 13.1 Å². The van der Waals surface area contributed by atoms with Crippen molar-refractivity contribution in [2.45, 2.75) is 52.5 Å². The Morgan fingerprint density at radius 3 is 2.42 bits per heavy atom. The van der Waals surface area contributed by atoms with Crippen molar-refractivity contribution in [3.63, 3.8) is 0 Å². The Morgan fingerprint density at radius 1 is 1.08 bits per heavy atom. The Morgan fingerprint density at radius 2 is 1.75 bits per heavy atom. The number of fused-ring (bicyclic) bond motifs is 1. The number of amides is 2. The third-order valence-corrected chi connectivity index (χ3v) is 5.24. The molecular weight excluding hydrogens is 300 g/mol. The van der Waals surface area contributed by atoms with Crippen LogP contribution in [0.5, 0.6) is 0 Å². The number of carbonyl (C=O) groups excluding carboxylic acids is 2. The number of hydrogen-bond acceptors (Lipinski definition) is 2. The second-order valence-corrected chi connectivity index (χ2v) is 8.12. The zero-order valence-electron chi connectivity index (χ0n) is 15.0. The molecule has 0 aromatic heterocycles. The molecule has 1 aliphatic carbocycles. The van der Waals surface area contributed by atoms with Crippen molar-refractivity contribution in [3.05, 3.63) is 35.4 Å². The summed E-state index contributed by atoms with van der Waals surface area (Å²) in [6.45, 7) is 7.23. The number of hydrogen-bond donors (Lipinski definition) is 1. The number of carbonyl (C=O) groups is 2. The maximum absolute atomic E-state index is 12.6. The first kappa shape index (κ1) is 17.0. The molecule has 1 aromatic rings. The lowest BCUT2D eigenvalue weighted by molar-refractivity contribution is -0.142. The number of piperidine rings is 1. The predicted molar refractivity (Wildman–Crippen MR) is 94.4 cm³/mol. The Balaban J connectivity index is 1.54. The molecule has 130 valence electrons. The summed E-state index contributed by atoms with van der Waals surface area (Å²) >= 11 is 0. The van der Waals surface area contributed by atoms with Gasteiger partial charge in [0.2, 0.25) is 11.8 Å². The number of rotatable bonds is 2. The first-order valence-corrected chi connectivity index (χ1v) is 9.04. The predicted octanol–water partition coefficient (Wildman–Crippen LogP) is 3.07. The van der Waals surface area contributed by atoms with Crippen LogP contribution in [0.25, 0.3) is 0 Å². The van der Waals surface area contributed by atoms with Crippen LogP contribution in [0.1, 0.15) is 57.2 Å². The van der Waals surface area contributed by atoms with Crippen molar-refractivity contribution in [1.29, 1.82) is 0 Å². The standard InChI is InChI=1S/C20H28N2O2/c1-20(2,3)19(24)22-12-10-15(11-13-22)18(23)21-17-9-8-14-6-4-5-7-16(14)17/h4-7,15,17H,8-13H2,1-3H3,(H,21,23). The molecule has 1 fully saturated rings. The van der Waals surface area contributed by atoms with Gasteiger partial charge in [-0.25, -0.2) is 0 Å². The van der Waals surface area contributed by atoms with Crippen molar-refractivity contribution < 1.29 is 9.59 Å². The number of benzene rings is 1. The number of nitrogens with zero attached hydrogens (tertiary/aromatic N) is 1. The van der Waals surface area contributed by atoms with Gasteiger partial charge in [0.25, 0.3) is 0 Å². The summed E-state index contributed by atoms with van der Waals surface area (Å²) in [6, 6.07) is 8.53. The molecule has 0 radical (unpaired) electrons. The number of nitrogens with one attached hydrogen (secondary N) is 1. The molecule has 1 aliphatic heterocycles. The van der Waals surface area contributed by atoms with E-state index < -0.39 is 0 Å². The molecule has 24 heavy (non-hydrogen) atoms. The zero-order chi connectivity index (χ0) is 17.3. The largest absolute Gasteiger partial charge is 0.349 e. The molecule has 4 heteroatoms. The van der Waals surface area contributed by atoms with E-state index in [2.05, 4.69) is 23.5 Å². The second kappa shape index (κ2) is 6.58. The Kier molecular flexibility index (Phi) is 4.66. The summed E-state index contributed by atoms with van der Waals surface area (Å²) in [4.78, 5) is 26.9. The molecule has 1 aromatic carbocycles. The lowest BCUT2D eigenvalue weighted by Crippen LogP contribution is -2.46. The van der Waals surface area contributed by atoms with Crippen LogP contribution in [0, 0.1) is 11.3 Å². The summed E-state index contributed by atoms with van der Waals surface area (Å²) in [5.41, 5.74) is 2.28. The van der Waals surface area contributed by atoms with Crippen LogP contribution in [-0.4, -0.2) is 29.8 Å². The van der Waals surface area contributed by atoms with Crippen LogP contribution in [-0.2, 0) is 16.0 Å². The monoisotopic (exact) mass is 328 g/mol. The van der Waals surface area contributed by atoms with E-state index in [1.165, 1.54) is 11.1 Å². The summed E-state index contributed by atoms with van der Waals surface area (Å²) in [5, 5.41) is 3.24. The van der Waals surface area contributed by atoms with E-state index in [1.54, 1.807) is 0 Å². The number of aryl methyl sites for hydroxylation is 1. The highest BCUT2D eigenvalue weighted by Crippen LogP contribution is 2.31. The minimum absolute atomic E-state index is 0.0294. The Bertz CT molecular complexity index is 625. The maximum Gasteiger partial charge on any atom is 0.227 e. The van der Waals surface area contributed by atoms with Gasteiger partial charge in [0, 0.05) is 24.4 Å². The minimum Gasteiger partial charge on any atom is -0.349 e. The van der Waals surface area contributed by atoms with Crippen LogP contribution in [0.4, 0.5) is 0 Å². The van der Waals surface area contributed by atoms with Gasteiger partial charge in [0.05, 0.1) is 6.04 Å². The molecule has 1 heterocycles. The smallest absolute Gasteiger partial charge is 0.227 e. The fraction of sp³-hybridized carbons (Fsp3) is 0.600. The van der Waals surface area contributed by atoms with Crippen LogP contribution in [0.3, 0.4) is 0 Å². The molecule has 2 aliphatic rings. The van der Waals surface area contributed by atoms with E-state index in [4.69, 9.17) is 0 Å². The summed E-state index contributed by atoms with van der Waals surface area (Å²) in [7, 11) is 0. The van der Waals surface area contributed by atoms with Crippen LogP contribution in [0.2, 0.25) is 0 Å². The molecule has 0 saturated carbocycles. The van der Waals surface area contributed by atoms with Crippen LogP contribution < -0.4 is 5.32 Å². The minimum atomic E-state index is -0.345. The van der Waals surface area contributed by atoms with E-state index in [0.717, 1.165) is 25.7 Å². The topological polar surface area (TPSA) is 49.4 Å². The molecule has 0 spiro atoms. The Labute approximate surface area is 144 Å². The SMILES string of the molecule is CC(C)(C)C(=O)N1CCC(C(=O)NC2CCc3ccccc32)CC1. The molecule has 1 saturated heterocycles. The quantitative estimate of drug-likeness (QED) is 0.907. The van der Waals surface area contributed by atoms with Crippen LogP contribution in [0.15, 0.2) is 24.3 Å². The zero-order valence-corrected chi connectivity index (χ0v) is 15.0. The average Bonchev–Trinajstić information content (AvgIpc) is 2.96. The lowest BCUT2D eigenvalue weighted by Gasteiger charge is -2.35. The first-order valence-electron chi connectivity index (χ1n) is 9.04. The fourth-order valence-electron chi connectivity index (χ4n) is 3.82. The maximum atomic E-state index is 12.6. The fourth-order valence-corrected chi connectivity index (χ4v) is 3.82. The lowest BCUT2D eigenvalue weighted by atomic mass is 9.90. The van der Waals surface area contributed by atoms with Crippen molar-refractivity contribution in [1.82, 2.24) is 10.2 Å². The van der Waals surface area contributed by atoms with Gasteiger partial charge in [-0.3, -0.25) is 9.59 Å². The molecule has 1 unspecified atom stereocenters. The van der Waals surface area contributed by atoms with E-state index in [1.807, 2.05) is 31.7 Å². The van der Waals surface area contributed by atoms with Gasteiger partial charge in [-0.2, -0.15) is 0 Å². The van der Waals surface area contributed by atoms with Gasteiger partial charge in [-0.15, -0.1) is 0 Å². The van der Waals surface area contributed by atoms with Gasteiger partial charge in [0.1, 0.15) is 0 Å². The molecule has 1 atom stereocenters. The highest BCUT2D eigenvalue weighted by molar-refractivity contribution is 5.83. The highest BCUT2D eigenvalue weighted by Gasteiger charge is 2.33. The van der Waals surface area contributed by atoms with Gasteiger partial charge in [0.15, 0.2) is 0 Å². The van der Waals surface area contributed by atoms with Crippen molar-refractivity contribution in [3.8, 4) is 0 Å². The highest BCUT2D eigenvalue weighted by atomic mass is 16.2. The molecule has 4 nitrogen and oxygen atoms in total. The van der Waals surface area contributed by atoms with Crippen molar-refractivity contribution >= 4 is 11.8 Å². The third-order valence-electron chi connectivity index (χ3n) is 5.24. The van der Waals surface area contributed by atoms with E-state index in [9.17, 15) is 9.59 Å². The van der Waals surface area contributed by atoms with Crippen molar-refractivity contribution in [2.75, 3.05) is 13.1 Å². The summed E-state index contributed by atoms with van der Waals surface area (Å²) < 4.78 is 0. The molecule has 2 amide bonds. The first-order chi connectivity index (χ1) is 11.4. The molecule has 1 N–H and O–H groups in total. The van der Waals surface area contributed by atoms with Crippen molar-refractivity contribution in [2.24, 2.45) is 11.3 Å². The second-order valence-electron chi connectivity index (χ2n) is 8.12. The van der Waals surface area contributed by atoms with Gasteiger partial charge >= 0.3 is 0 Å². The third kappa shape index (κ3) is 3.47. The van der Waals surface area contributed by atoms with Gasteiger partial charge < -0.3 is 10.2 Å². The molecular formula is C20H28N2O2. The molecule has 3 rings (SSSR count). The normalized spacial score (nSPS) is 21.5. The van der Waals surface area contributed by atoms with Gasteiger partial charge in [-0.05, 0) is 36.8 Å². The molecule has 0 bridgehead atoms. The van der Waals surface area contributed by atoms with Crippen LogP contribution >= 0.6 is 0 Å². The van der Waals surface area contributed by atoms with E-state index in [-0.39, 0.29) is 29.2 Å². The van der Waals surface area contributed by atoms with E-state index >= 15 is 0 Å². The summed E-state index contributed by atoms with van der Waals surface area (Å²) in [6.07, 6.45) is 3.57. The Hall–Kier alpha value is -1.84. The average molecular weight is 328 g/mol. The number of likely N-dealkylation sites (tertiary alicyclic amines) is 1. The summed E-state index contributed by atoms with van der Waals surface area (Å²) in [5.74, 6) is 0.368. The van der Waals surface area contributed by atoms with Gasteiger partial charge in [-0.1, -0.05) is 45.0 Å².